The predicted molar refractivity (Wildman–Crippen MR) is 186 cm³/mol. The van der Waals surface area contributed by atoms with Crippen molar-refractivity contribution in [1.82, 2.24) is 0 Å². The minimum Gasteiger partial charge on any atom is -0.493 e. The maximum atomic E-state index is 5.83. The molecule has 0 aromatic heterocycles. The molecule has 0 unspecified atom stereocenters. The first-order valence-corrected chi connectivity index (χ1v) is 17.2. The second-order valence-electron chi connectivity index (χ2n) is 12.1. The van der Waals surface area contributed by atoms with Gasteiger partial charge in [0.05, 0.1) is 19.8 Å². The van der Waals surface area contributed by atoms with Crippen molar-refractivity contribution in [3.63, 3.8) is 0 Å². The molecular formula is C39H56N2O3. The summed E-state index contributed by atoms with van der Waals surface area (Å²) in [6.07, 6.45) is 9.71. The summed E-state index contributed by atoms with van der Waals surface area (Å²) in [4.78, 5) is 4.89. The Morgan fingerprint density at radius 2 is 1.18 bits per heavy atom. The molecule has 0 aliphatic carbocycles. The van der Waals surface area contributed by atoms with Gasteiger partial charge >= 0.3 is 0 Å². The molecule has 3 heterocycles. The van der Waals surface area contributed by atoms with Crippen molar-refractivity contribution in [2.75, 3.05) is 69.0 Å². The number of hydrogen-bond acceptors (Lipinski definition) is 5. The van der Waals surface area contributed by atoms with Gasteiger partial charge in [0.25, 0.3) is 0 Å². The van der Waals surface area contributed by atoms with Crippen LogP contribution in [-0.4, -0.2) is 59.2 Å². The molecule has 3 aliphatic heterocycles. The van der Waals surface area contributed by atoms with Crippen LogP contribution in [0.5, 0.6) is 5.75 Å². The molecule has 3 fully saturated rings. The molecule has 0 saturated carbocycles. The Morgan fingerprint density at radius 1 is 0.591 bits per heavy atom. The Morgan fingerprint density at radius 3 is 1.84 bits per heavy atom. The van der Waals surface area contributed by atoms with E-state index in [-0.39, 0.29) is 0 Å². The van der Waals surface area contributed by atoms with Crippen LogP contribution >= 0.6 is 0 Å². The summed E-state index contributed by atoms with van der Waals surface area (Å²) >= 11 is 0. The van der Waals surface area contributed by atoms with Crippen LogP contribution in [-0.2, 0) is 28.7 Å². The molecule has 0 atom stereocenters. The Balaban J connectivity index is 0.000000151. The van der Waals surface area contributed by atoms with Crippen LogP contribution in [0.2, 0.25) is 0 Å². The number of benzene rings is 3. The van der Waals surface area contributed by atoms with Gasteiger partial charge in [-0.3, -0.25) is 0 Å². The normalized spacial score (nSPS) is 17.2. The standard InChI is InChI=1S/C14H20O2.C13H19N.C12H17NO/c1-2-12-4-3-5-14(10-12)16-11-13-6-8-15-9-7-13;1-2-12-7-6-8-13(11-12)14-9-4-3-5-10-14;1-2-11-3-5-12(6-4-11)13-7-9-14-10-8-13/h3-5,10,13H,2,6-9,11H2,1H3;6-8,11H,2-5,9-10H2,1H3;3-6H,2,7-10H2,1H3. The molecule has 44 heavy (non-hydrogen) atoms. The highest BCUT2D eigenvalue weighted by Crippen LogP contribution is 2.22. The lowest BCUT2D eigenvalue weighted by molar-refractivity contribution is 0.0497. The van der Waals surface area contributed by atoms with Crippen molar-refractivity contribution >= 4 is 11.4 Å². The van der Waals surface area contributed by atoms with Crippen LogP contribution < -0.4 is 14.5 Å². The van der Waals surface area contributed by atoms with E-state index in [4.69, 9.17) is 14.2 Å². The molecule has 0 amide bonds. The molecule has 0 N–H and O–H groups in total. The first kappa shape index (κ1) is 33.9. The van der Waals surface area contributed by atoms with Crippen molar-refractivity contribution < 1.29 is 14.2 Å². The zero-order valence-corrected chi connectivity index (χ0v) is 27.6. The number of morpholine rings is 1. The van der Waals surface area contributed by atoms with Crippen molar-refractivity contribution in [3.8, 4) is 5.75 Å². The number of aryl methyl sites for hydroxylation is 3. The quantitative estimate of drug-likeness (QED) is 0.259. The summed E-state index contributed by atoms with van der Waals surface area (Å²) in [5, 5.41) is 0. The van der Waals surface area contributed by atoms with Gasteiger partial charge in [-0.25, -0.2) is 0 Å². The number of piperidine rings is 1. The first-order valence-electron chi connectivity index (χ1n) is 17.2. The van der Waals surface area contributed by atoms with Gasteiger partial charge in [-0.1, -0.05) is 57.2 Å². The van der Waals surface area contributed by atoms with Crippen LogP contribution in [0, 0.1) is 5.92 Å². The SMILES string of the molecule is CCc1ccc(N2CCOCC2)cc1.CCc1cccc(N2CCCCC2)c1.CCc1cccc(OCC2CCOCC2)c1. The van der Waals surface area contributed by atoms with Crippen molar-refractivity contribution in [2.45, 2.75) is 72.1 Å². The zero-order valence-electron chi connectivity index (χ0n) is 27.6. The Hall–Kier alpha value is -3.02. The topological polar surface area (TPSA) is 34.2 Å². The third-order valence-corrected chi connectivity index (χ3v) is 8.89. The average molecular weight is 601 g/mol. The lowest BCUT2D eigenvalue weighted by Gasteiger charge is -2.29. The second-order valence-corrected chi connectivity index (χ2v) is 12.1. The van der Waals surface area contributed by atoms with Gasteiger partial charge in [0.1, 0.15) is 5.75 Å². The predicted octanol–water partition coefficient (Wildman–Crippen LogP) is 8.38. The summed E-state index contributed by atoms with van der Waals surface area (Å²) in [6.45, 7) is 15.4. The molecule has 0 spiro atoms. The second kappa shape index (κ2) is 19.4. The number of nitrogens with zero attached hydrogens (tertiary/aromatic N) is 2. The van der Waals surface area contributed by atoms with Crippen LogP contribution in [0.4, 0.5) is 11.4 Å². The van der Waals surface area contributed by atoms with Gasteiger partial charge in [0.2, 0.25) is 0 Å². The number of hydrogen-bond donors (Lipinski definition) is 0. The van der Waals surface area contributed by atoms with Gasteiger partial charge in [0, 0.05) is 50.8 Å². The molecule has 5 nitrogen and oxygen atoms in total. The molecule has 3 saturated heterocycles. The third-order valence-electron chi connectivity index (χ3n) is 8.89. The van der Waals surface area contributed by atoms with E-state index in [9.17, 15) is 0 Å². The van der Waals surface area contributed by atoms with Crippen LogP contribution in [0.3, 0.4) is 0 Å². The number of ether oxygens (including phenoxy) is 3. The van der Waals surface area contributed by atoms with Gasteiger partial charge in [-0.05, 0) is 110 Å². The number of anilines is 2. The maximum absolute atomic E-state index is 5.83. The summed E-state index contributed by atoms with van der Waals surface area (Å²) in [7, 11) is 0. The molecule has 0 bridgehead atoms. The fourth-order valence-corrected chi connectivity index (χ4v) is 5.87. The van der Waals surface area contributed by atoms with E-state index < -0.39 is 0 Å². The molecular weight excluding hydrogens is 544 g/mol. The molecule has 6 rings (SSSR count). The minimum atomic E-state index is 0.666. The highest BCUT2D eigenvalue weighted by atomic mass is 16.5. The van der Waals surface area contributed by atoms with Gasteiger partial charge in [-0.2, -0.15) is 0 Å². The van der Waals surface area contributed by atoms with E-state index in [1.54, 1.807) is 0 Å². The highest BCUT2D eigenvalue weighted by Gasteiger charge is 2.14. The fourth-order valence-electron chi connectivity index (χ4n) is 5.87. The number of rotatable bonds is 8. The Bertz CT molecular complexity index is 1180. The van der Waals surface area contributed by atoms with E-state index in [1.807, 2.05) is 6.07 Å². The smallest absolute Gasteiger partial charge is 0.119 e. The van der Waals surface area contributed by atoms with Crippen LogP contribution in [0.15, 0.2) is 72.8 Å². The van der Waals surface area contributed by atoms with E-state index >= 15 is 0 Å². The van der Waals surface area contributed by atoms with Crippen LogP contribution in [0.1, 0.15) is 69.6 Å². The van der Waals surface area contributed by atoms with E-state index in [2.05, 4.69) is 97.3 Å². The zero-order chi connectivity index (χ0) is 30.8. The molecule has 3 aliphatic rings. The average Bonchev–Trinajstić information content (AvgIpc) is 3.12. The molecule has 240 valence electrons. The van der Waals surface area contributed by atoms with E-state index in [1.165, 1.54) is 60.4 Å². The third kappa shape index (κ3) is 11.5. The Labute approximate surface area is 267 Å². The lowest BCUT2D eigenvalue weighted by atomic mass is 10.0. The lowest BCUT2D eigenvalue weighted by Crippen LogP contribution is -2.36. The summed E-state index contributed by atoms with van der Waals surface area (Å²) in [6, 6.07) is 26.2. The van der Waals surface area contributed by atoms with Gasteiger partial charge < -0.3 is 24.0 Å². The maximum Gasteiger partial charge on any atom is 0.119 e. The monoisotopic (exact) mass is 600 g/mol. The molecule has 5 heteroatoms. The van der Waals surface area contributed by atoms with Crippen molar-refractivity contribution in [3.05, 3.63) is 89.5 Å². The summed E-state index contributed by atoms with van der Waals surface area (Å²) in [5.41, 5.74) is 6.94. The minimum absolute atomic E-state index is 0.666. The summed E-state index contributed by atoms with van der Waals surface area (Å²) in [5.74, 6) is 1.67. The van der Waals surface area contributed by atoms with Gasteiger partial charge in [-0.15, -0.1) is 0 Å². The first-order chi connectivity index (χ1) is 21.7. The van der Waals surface area contributed by atoms with Crippen molar-refractivity contribution in [1.29, 1.82) is 0 Å². The molecule has 3 aromatic rings. The van der Waals surface area contributed by atoms with Gasteiger partial charge in [0.15, 0.2) is 0 Å². The highest BCUT2D eigenvalue weighted by molar-refractivity contribution is 5.49. The van der Waals surface area contributed by atoms with E-state index in [0.29, 0.717) is 5.92 Å². The fraction of sp³-hybridized carbons (Fsp3) is 0.538. The van der Waals surface area contributed by atoms with Crippen LogP contribution in [0.25, 0.3) is 0 Å². The van der Waals surface area contributed by atoms with E-state index in [0.717, 1.165) is 84.0 Å². The molecule has 3 aromatic carbocycles. The van der Waals surface area contributed by atoms with Crippen molar-refractivity contribution in [2.24, 2.45) is 5.92 Å². The Kier molecular flexibility index (Phi) is 14.9. The largest absolute Gasteiger partial charge is 0.493 e. The molecule has 0 radical (unpaired) electrons. The summed E-state index contributed by atoms with van der Waals surface area (Å²) < 4.78 is 16.5.